The van der Waals surface area contributed by atoms with E-state index in [1.54, 1.807) is 0 Å². The van der Waals surface area contributed by atoms with E-state index in [0.717, 1.165) is 12.0 Å². The second-order valence-corrected chi connectivity index (χ2v) is 8.18. The topological polar surface area (TPSA) is 79.9 Å². The summed E-state index contributed by atoms with van der Waals surface area (Å²) in [6, 6.07) is 9.34. The molecule has 0 saturated carbocycles. The van der Waals surface area contributed by atoms with Crippen molar-refractivity contribution in [1.82, 2.24) is 15.7 Å². The largest absolute Gasteiger partial charge is 0.442 e. The monoisotopic (exact) mass is 375 g/mol. The van der Waals surface area contributed by atoms with E-state index in [0.29, 0.717) is 19.5 Å². The van der Waals surface area contributed by atoms with Gasteiger partial charge in [0.05, 0.1) is 12.1 Å². The highest BCUT2D eigenvalue weighted by Gasteiger charge is 2.41. The lowest BCUT2D eigenvalue weighted by atomic mass is 9.83. The first-order valence-electron chi connectivity index (χ1n) is 9.53. The molecule has 0 radical (unpaired) electrons. The molecule has 0 bridgehead atoms. The molecule has 3 atom stereocenters. The lowest BCUT2D eigenvalue weighted by Crippen LogP contribution is -2.62. The van der Waals surface area contributed by atoms with E-state index in [4.69, 9.17) is 9.57 Å². The third-order valence-electron chi connectivity index (χ3n) is 4.83. The molecule has 0 spiro atoms. The quantitative estimate of drug-likeness (QED) is 0.789. The molecule has 2 aliphatic rings. The molecule has 0 aliphatic carbocycles. The maximum Gasteiger partial charge on any atom is 0.434 e. The third kappa shape index (κ3) is 5.20. The molecule has 1 aromatic carbocycles. The first-order valence-corrected chi connectivity index (χ1v) is 9.53. The number of ether oxygens (including phenoxy) is 1. The molecule has 148 valence electrons. The summed E-state index contributed by atoms with van der Waals surface area (Å²) in [5.41, 5.74) is 0.366. The summed E-state index contributed by atoms with van der Waals surface area (Å²) in [5.74, 6) is 0.224. The van der Waals surface area contributed by atoms with Crippen LogP contribution in [0, 0.1) is 5.92 Å². The van der Waals surface area contributed by atoms with Crippen molar-refractivity contribution in [3.05, 3.63) is 35.9 Å². The number of hydroxylamine groups is 2. The van der Waals surface area contributed by atoms with E-state index in [1.165, 1.54) is 5.06 Å². The summed E-state index contributed by atoms with van der Waals surface area (Å²) in [7, 11) is 0. The van der Waals surface area contributed by atoms with Gasteiger partial charge in [0, 0.05) is 13.1 Å². The predicted molar refractivity (Wildman–Crippen MR) is 101 cm³/mol. The number of carbonyl (C=O) groups excluding carboxylic acids is 2. The van der Waals surface area contributed by atoms with E-state index >= 15 is 0 Å². The summed E-state index contributed by atoms with van der Waals surface area (Å²) in [6.45, 7) is 6.95. The summed E-state index contributed by atoms with van der Waals surface area (Å²) in [6.07, 6.45) is 1.10. The van der Waals surface area contributed by atoms with Crippen LogP contribution in [0.5, 0.6) is 0 Å². The number of hydrogen-bond donors (Lipinski definition) is 2. The Morgan fingerprint density at radius 2 is 2.00 bits per heavy atom. The summed E-state index contributed by atoms with van der Waals surface area (Å²) in [4.78, 5) is 30.7. The van der Waals surface area contributed by atoms with Crippen LogP contribution in [0.3, 0.4) is 0 Å². The molecule has 2 amide bonds. The van der Waals surface area contributed by atoms with Crippen LogP contribution < -0.4 is 10.6 Å². The molecule has 0 aromatic heterocycles. The molecule has 2 heterocycles. The van der Waals surface area contributed by atoms with Crippen molar-refractivity contribution in [3.8, 4) is 0 Å². The van der Waals surface area contributed by atoms with Gasteiger partial charge in [0.2, 0.25) is 5.91 Å². The Balaban J connectivity index is 1.70. The fraction of sp³-hybridized carbons (Fsp3) is 0.600. The maximum atomic E-state index is 12.8. The Bertz CT molecular complexity index is 659. The maximum absolute atomic E-state index is 12.8. The number of hydrogen-bond acceptors (Lipinski definition) is 5. The summed E-state index contributed by atoms with van der Waals surface area (Å²) < 4.78 is 5.55. The molecule has 2 saturated heterocycles. The van der Waals surface area contributed by atoms with Crippen molar-refractivity contribution in [3.63, 3.8) is 0 Å². The highest BCUT2D eigenvalue weighted by molar-refractivity contribution is 5.83. The van der Waals surface area contributed by atoms with Crippen LogP contribution in [-0.4, -0.2) is 47.8 Å². The van der Waals surface area contributed by atoms with Gasteiger partial charge in [-0.15, -0.1) is 0 Å². The van der Waals surface area contributed by atoms with Gasteiger partial charge in [-0.25, -0.2) is 4.79 Å². The van der Waals surface area contributed by atoms with Crippen molar-refractivity contribution >= 4 is 12.0 Å². The van der Waals surface area contributed by atoms with Crippen LogP contribution in [0.25, 0.3) is 0 Å². The van der Waals surface area contributed by atoms with E-state index in [2.05, 4.69) is 10.6 Å². The second kappa shape index (κ2) is 8.27. The number of fused-ring (bicyclic) bond motifs is 1. The zero-order chi connectivity index (χ0) is 19.4. The van der Waals surface area contributed by atoms with Crippen molar-refractivity contribution < 1.29 is 19.2 Å². The lowest BCUT2D eigenvalue weighted by Gasteiger charge is -2.42. The summed E-state index contributed by atoms with van der Waals surface area (Å²) in [5, 5.41) is 7.52. The minimum Gasteiger partial charge on any atom is -0.442 e. The number of amides is 2. The Morgan fingerprint density at radius 3 is 2.70 bits per heavy atom. The molecule has 3 unspecified atom stereocenters. The first-order chi connectivity index (χ1) is 12.8. The van der Waals surface area contributed by atoms with Gasteiger partial charge in [0.1, 0.15) is 12.2 Å². The number of nitrogens with one attached hydrogen (secondary N) is 2. The van der Waals surface area contributed by atoms with E-state index in [1.807, 2.05) is 51.1 Å². The average molecular weight is 375 g/mol. The number of piperidine rings is 2. The van der Waals surface area contributed by atoms with Crippen LogP contribution in [0.1, 0.15) is 39.2 Å². The van der Waals surface area contributed by atoms with Crippen molar-refractivity contribution in [2.75, 3.05) is 13.1 Å². The molecule has 27 heavy (non-hydrogen) atoms. The Labute approximate surface area is 160 Å². The molecular weight excluding hydrogens is 346 g/mol. The van der Waals surface area contributed by atoms with Gasteiger partial charge in [-0.2, -0.15) is 5.06 Å². The zero-order valence-electron chi connectivity index (χ0n) is 16.2. The fourth-order valence-electron chi connectivity index (χ4n) is 3.59. The van der Waals surface area contributed by atoms with Crippen molar-refractivity contribution in [2.24, 2.45) is 5.92 Å². The van der Waals surface area contributed by atoms with E-state index in [-0.39, 0.29) is 30.5 Å². The highest BCUT2D eigenvalue weighted by atomic mass is 16.7. The van der Waals surface area contributed by atoms with Gasteiger partial charge in [-0.1, -0.05) is 30.3 Å². The normalized spacial score (nSPS) is 25.3. The van der Waals surface area contributed by atoms with Crippen LogP contribution in [0.15, 0.2) is 30.3 Å². The zero-order valence-corrected chi connectivity index (χ0v) is 16.2. The molecule has 2 fully saturated rings. The Morgan fingerprint density at radius 1 is 1.26 bits per heavy atom. The van der Waals surface area contributed by atoms with Crippen molar-refractivity contribution in [2.45, 2.75) is 57.9 Å². The number of carbonyl (C=O) groups is 2. The third-order valence-corrected chi connectivity index (χ3v) is 4.83. The smallest absolute Gasteiger partial charge is 0.434 e. The Kier molecular flexibility index (Phi) is 6.01. The first kappa shape index (κ1) is 19.6. The molecule has 3 rings (SSSR count). The van der Waals surface area contributed by atoms with Gasteiger partial charge < -0.3 is 15.4 Å². The van der Waals surface area contributed by atoms with Gasteiger partial charge in [-0.3, -0.25) is 9.63 Å². The van der Waals surface area contributed by atoms with Gasteiger partial charge >= 0.3 is 6.09 Å². The van der Waals surface area contributed by atoms with Crippen molar-refractivity contribution in [1.29, 1.82) is 0 Å². The predicted octanol–water partition coefficient (Wildman–Crippen LogP) is 2.22. The standard InChI is InChI=1S/C20H29N3O4/c1-20(2,3)27-19(25)23(26-13-14-7-5-4-6-8-14)16-11-15-9-10-21-18(24)17(15)22-12-16/h4-8,15-17,22H,9-13H2,1-3H3,(H,21,24). The molecule has 7 heteroatoms. The van der Waals surface area contributed by atoms with Crippen LogP contribution in [0.4, 0.5) is 4.79 Å². The molecular formula is C20H29N3O4. The molecule has 7 nitrogen and oxygen atoms in total. The van der Waals surface area contributed by atoms with E-state index in [9.17, 15) is 9.59 Å². The van der Waals surface area contributed by atoms with Crippen LogP contribution >= 0.6 is 0 Å². The summed E-state index contributed by atoms with van der Waals surface area (Å²) >= 11 is 0. The average Bonchev–Trinajstić information content (AvgIpc) is 2.61. The minimum atomic E-state index is -0.610. The second-order valence-electron chi connectivity index (χ2n) is 8.18. The molecule has 2 N–H and O–H groups in total. The SMILES string of the molecule is CC(C)(C)OC(=O)N(OCc1ccccc1)C1CNC2C(=O)NCCC2C1. The number of benzene rings is 1. The van der Waals surface area contributed by atoms with Gasteiger partial charge in [0.25, 0.3) is 0 Å². The van der Waals surface area contributed by atoms with E-state index < -0.39 is 11.7 Å². The number of rotatable bonds is 4. The highest BCUT2D eigenvalue weighted by Crippen LogP contribution is 2.27. The Hall–Kier alpha value is -2.12. The lowest BCUT2D eigenvalue weighted by molar-refractivity contribution is -0.186. The number of nitrogens with zero attached hydrogens (tertiary/aromatic N) is 1. The van der Waals surface area contributed by atoms with Gasteiger partial charge in [-0.05, 0) is 45.1 Å². The fourth-order valence-corrected chi connectivity index (χ4v) is 3.59. The molecule has 2 aliphatic heterocycles. The van der Waals surface area contributed by atoms with Crippen LogP contribution in [0.2, 0.25) is 0 Å². The minimum absolute atomic E-state index is 0.0405. The van der Waals surface area contributed by atoms with Gasteiger partial charge in [0.15, 0.2) is 0 Å². The molecule has 1 aromatic rings. The van der Waals surface area contributed by atoms with Crippen LogP contribution in [-0.2, 0) is 21.0 Å².